The number of ether oxygens (including phenoxy) is 1. The fourth-order valence-corrected chi connectivity index (χ4v) is 1.29. The monoisotopic (exact) mass is 210 g/mol. The van der Waals surface area contributed by atoms with E-state index in [1.165, 1.54) is 6.20 Å². The topological polar surface area (TPSA) is 61.2 Å². The Kier molecular flexibility index (Phi) is 3.60. The summed E-state index contributed by atoms with van der Waals surface area (Å²) in [6, 6.07) is 0. The van der Waals surface area contributed by atoms with E-state index in [0.717, 1.165) is 0 Å². The summed E-state index contributed by atoms with van der Waals surface area (Å²) in [5.41, 5.74) is 1.01. The van der Waals surface area contributed by atoms with Crippen LogP contribution in [0.4, 0.5) is 0 Å². The normalized spacial score (nSPS) is 10.1. The minimum atomic E-state index is -0.823. The second-order valence-corrected chi connectivity index (χ2v) is 3.01. The molecule has 1 aromatic rings. The molecule has 0 aromatic carbocycles. The van der Waals surface area contributed by atoms with E-state index in [1.54, 1.807) is 18.5 Å². The van der Waals surface area contributed by atoms with E-state index in [-0.39, 0.29) is 6.61 Å². The summed E-state index contributed by atoms with van der Waals surface area (Å²) in [4.78, 5) is 22.7. The molecule has 5 heteroatoms. The number of carbonyl (C=O) groups excluding carboxylic acids is 2. The van der Waals surface area contributed by atoms with Crippen LogP contribution in [0.3, 0.4) is 0 Å². The van der Waals surface area contributed by atoms with Crippen molar-refractivity contribution in [2.75, 3.05) is 6.61 Å². The predicted octanol–water partition coefficient (Wildman–Crippen LogP) is 0.957. The highest BCUT2D eigenvalue weighted by Gasteiger charge is 2.21. The molecule has 0 aliphatic carbocycles. The zero-order valence-corrected chi connectivity index (χ0v) is 9.11. The van der Waals surface area contributed by atoms with Gasteiger partial charge in [0.15, 0.2) is 0 Å². The summed E-state index contributed by atoms with van der Waals surface area (Å²) in [7, 11) is 0. The molecule has 0 N–H and O–H groups in total. The SMILES string of the molecule is CCOC(=O)C(=O)c1cnn(CC)c1C. The molecule has 0 aliphatic rings. The van der Waals surface area contributed by atoms with E-state index in [0.29, 0.717) is 17.8 Å². The summed E-state index contributed by atoms with van der Waals surface area (Å²) in [5, 5.41) is 3.99. The van der Waals surface area contributed by atoms with Crippen LogP contribution in [0.15, 0.2) is 6.20 Å². The van der Waals surface area contributed by atoms with Crippen LogP contribution in [-0.2, 0) is 16.1 Å². The van der Waals surface area contributed by atoms with Crippen LogP contribution in [0.2, 0.25) is 0 Å². The molecular formula is C10H14N2O3. The number of ketones is 1. The summed E-state index contributed by atoms with van der Waals surface area (Å²) >= 11 is 0. The number of rotatable bonds is 4. The second kappa shape index (κ2) is 4.72. The van der Waals surface area contributed by atoms with Crippen LogP contribution in [0.25, 0.3) is 0 Å². The molecular weight excluding hydrogens is 196 g/mol. The van der Waals surface area contributed by atoms with Gasteiger partial charge in [-0.15, -0.1) is 0 Å². The maximum atomic E-state index is 11.6. The molecule has 0 saturated carbocycles. The van der Waals surface area contributed by atoms with Crippen molar-refractivity contribution >= 4 is 11.8 Å². The number of aryl methyl sites for hydroxylation is 1. The minimum absolute atomic E-state index is 0.200. The Morgan fingerprint density at radius 1 is 1.47 bits per heavy atom. The zero-order chi connectivity index (χ0) is 11.4. The van der Waals surface area contributed by atoms with E-state index >= 15 is 0 Å². The van der Waals surface area contributed by atoms with Gasteiger partial charge in [0.25, 0.3) is 5.78 Å². The highest BCUT2D eigenvalue weighted by Crippen LogP contribution is 2.08. The van der Waals surface area contributed by atoms with Gasteiger partial charge in [-0.2, -0.15) is 5.10 Å². The Hall–Kier alpha value is -1.65. The molecule has 5 nitrogen and oxygen atoms in total. The number of carbonyl (C=O) groups is 2. The number of aromatic nitrogens is 2. The van der Waals surface area contributed by atoms with Crippen molar-refractivity contribution in [3.05, 3.63) is 17.5 Å². The second-order valence-electron chi connectivity index (χ2n) is 3.01. The third-order valence-corrected chi connectivity index (χ3v) is 2.11. The van der Waals surface area contributed by atoms with Crippen LogP contribution in [0.1, 0.15) is 29.9 Å². The van der Waals surface area contributed by atoms with Gasteiger partial charge in [0.05, 0.1) is 18.4 Å². The van der Waals surface area contributed by atoms with Gasteiger partial charge < -0.3 is 4.74 Å². The first-order chi connectivity index (χ1) is 7.11. The fraction of sp³-hybridized carbons (Fsp3) is 0.500. The molecule has 0 amide bonds. The molecule has 1 heterocycles. The Balaban J connectivity index is 2.91. The molecule has 0 atom stereocenters. The number of esters is 1. The lowest BCUT2D eigenvalue weighted by molar-refractivity contribution is -0.137. The van der Waals surface area contributed by atoms with E-state index in [9.17, 15) is 9.59 Å². The van der Waals surface area contributed by atoms with Gasteiger partial charge in [-0.3, -0.25) is 9.48 Å². The van der Waals surface area contributed by atoms with Gasteiger partial charge in [-0.1, -0.05) is 0 Å². The van der Waals surface area contributed by atoms with Gasteiger partial charge in [-0.25, -0.2) is 4.79 Å². The van der Waals surface area contributed by atoms with E-state index in [1.807, 2.05) is 6.92 Å². The lowest BCUT2D eigenvalue weighted by Gasteiger charge is -2.01. The average molecular weight is 210 g/mol. The minimum Gasteiger partial charge on any atom is -0.460 e. The molecule has 82 valence electrons. The average Bonchev–Trinajstić information content (AvgIpc) is 2.59. The Labute approximate surface area is 88.0 Å². The van der Waals surface area contributed by atoms with Crippen molar-refractivity contribution in [2.24, 2.45) is 0 Å². The third-order valence-electron chi connectivity index (χ3n) is 2.11. The first-order valence-corrected chi connectivity index (χ1v) is 4.85. The molecule has 0 bridgehead atoms. The molecule has 0 spiro atoms. The van der Waals surface area contributed by atoms with Gasteiger partial charge in [0.1, 0.15) is 0 Å². The standard InChI is InChI=1S/C10H14N2O3/c1-4-12-7(3)8(6-11-12)9(13)10(14)15-5-2/h6H,4-5H2,1-3H3. The summed E-state index contributed by atoms with van der Waals surface area (Å²) in [6.07, 6.45) is 1.40. The highest BCUT2D eigenvalue weighted by atomic mass is 16.5. The summed E-state index contributed by atoms with van der Waals surface area (Å²) in [6.45, 7) is 6.20. The Morgan fingerprint density at radius 2 is 2.13 bits per heavy atom. The maximum Gasteiger partial charge on any atom is 0.379 e. The molecule has 0 aliphatic heterocycles. The van der Waals surface area contributed by atoms with Crippen molar-refractivity contribution in [1.29, 1.82) is 0 Å². The lowest BCUT2D eigenvalue weighted by Crippen LogP contribution is -2.18. The van der Waals surface area contributed by atoms with E-state index in [2.05, 4.69) is 9.84 Å². The summed E-state index contributed by atoms with van der Waals surface area (Å²) in [5.74, 6) is -1.45. The van der Waals surface area contributed by atoms with Crippen LogP contribution >= 0.6 is 0 Å². The number of hydrogen-bond acceptors (Lipinski definition) is 4. The fourth-order valence-electron chi connectivity index (χ4n) is 1.29. The van der Waals surface area contributed by atoms with Crippen molar-refractivity contribution in [3.8, 4) is 0 Å². The quantitative estimate of drug-likeness (QED) is 0.422. The molecule has 0 unspecified atom stereocenters. The van der Waals surface area contributed by atoms with E-state index < -0.39 is 11.8 Å². The maximum absolute atomic E-state index is 11.6. The number of hydrogen-bond donors (Lipinski definition) is 0. The number of Topliss-reactive ketones (excluding diaryl/α,β-unsaturated/α-hetero) is 1. The number of nitrogens with zero attached hydrogens (tertiary/aromatic N) is 2. The van der Waals surface area contributed by atoms with Crippen LogP contribution < -0.4 is 0 Å². The van der Waals surface area contributed by atoms with Gasteiger partial charge in [0.2, 0.25) is 0 Å². The van der Waals surface area contributed by atoms with Crippen molar-refractivity contribution in [3.63, 3.8) is 0 Å². The zero-order valence-electron chi connectivity index (χ0n) is 9.11. The van der Waals surface area contributed by atoms with Crippen LogP contribution in [-0.4, -0.2) is 28.1 Å². The molecule has 1 rings (SSSR count). The third kappa shape index (κ3) is 2.23. The molecule has 0 radical (unpaired) electrons. The van der Waals surface area contributed by atoms with Gasteiger partial charge in [0, 0.05) is 12.2 Å². The highest BCUT2D eigenvalue weighted by molar-refractivity contribution is 6.40. The van der Waals surface area contributed by atoms with Gasteiger partial charge in [-0.05, 0) is 20.8 Å². The molecule has 15 heavy (non-hydrogen) atoms. The smallest absolute Gasteiger partial charge is 0.379 e. The first kappa shape index (κ1) is 11.4. The van der Waals surface area contributed by atoms with Crippen LogP contribution in [0, 0.1) is 6.92 Å². The van der Waals surface area contributed by atoms with Crippen molar-refractivity contribution in [2.45, 2.75) is 27.3 Å². The van der Waals surface area contributed by atoms with Crippen molar-refractivity contribution in [1.82, 2.24) is 9.78 Å². The van der Waals surface area contributed by atoms with E-state index in [4.69, 9.17) is 0 Å². The molecule has 1 aromatic heterocycles. The molecule has 0 saturated heterocycles. The first-order valence-electron chi connectivity index (χ1n) is 4.85. The Bertz CT molecular complexity index is 382. The largest absolute Gasteiger partial charge is 0.460 e. The lowest BCUT2D eigenvalue weighted by atomic mass is 10.2. The Morgan fingerprint density at radius 3 is 2.60 bits per heavy atom. The molecule has 0 fully saturated rings. The van der Waals surface area contributed by atoms with Gasteiger partial charge >= 0.3 is 5.97 Å². The van der Waals surface area contributed by atoms with Crippen LogP contribution in [0.5, 0.6) is 0 Å². The van der Waals surface area contributed by atoms with Crippen molar-refractivity contribution < 1.29 is 14.3 Å². The predicted molar refractivity (Wildman–Crippen MR) is 53.6 cm³/mol. The summed E-state index contributed by atoms with van der Waals surface area (Å²) < 4.78 is 6.29.